The topological polar surface area (TPSA) is 70.8 Å². The lowest BCUT2D eigenvalue weighted by Crippen LogP contribution is -2.39. The Morgan fingerprint density at radius 3 is 2.52 bits per heavy atom. The highest BCUT2D eigenvalue weighted by Crippen LogP contribution is 2.22. The lowest BCUT2D eigenvalue weighted by molar-refractivity contribution is -0.128. The van der Waals surface area contributed by atoms with Gasteiger partial charge in [0.25, 0.3) is 0 Å². The van der Waals surface area contributed by atoms with E-state index in [1.54, 1.807) is 23.1 Å². The molecule has 0 radical (unpaired) electrons. The van der Waals surface area contributed by atoms with Crippen LogP contribution in [0, 0.1) is 0 Å². The number of hydrogen-bond donors (Lipinski definition) is 0. The predicted octanol–water partition coefficient (Wildman–Crippen LogP) is 2.57. The lowest BCUT2D eigenvalue weighted by Gasteiger charge is -2.27. The van der Waals surface area contributed by atoms with E-state index in [4.69, 9.17) is 4.42 Å². The van der Waals surface area contributed by atoms with Gasteiger partial charge in [-0.15, -0.1) is 0 Å². The monoisotopic (exact) mass is 388 g/mol. The third-order valence-electron chi connectivity index (χ3n) is 4.67. The Balaban J connectivity index is 1.80. The molecule has 2 heterocycles. The van der Waals surface area contributed by atoms with Crippen LogP contribution < -0.4 is 4.90 Å². The molecule has 1 aromatic heterocycles. The molecule has 1 amide bonds. The van der Waals surface area contributed by atoms with E-state index in [9.17, 15) is 13.2 Å². The van der Waals surface area contributed by atoms with Gasteiger partial charge in [0.15, 0.2) is 9.84 Å². The number of sulfone groups is 1. The SMILES string of the molecule is CN(C)c1ccc(CN(C(=O)/C=C/c2ccco2)[C@H]2CCS(=O)(=O)C2)cc1. The maximum absolute atomic E-state index is 12.8. The molecule has 1 aromatic carbocycles. The van der Waals surface area contributed by atoms with Crippen LogP contribution in [0.25, 0.3) is 6.08 Å². The first-order chi connectivity index (χ1) is 12.8. The van der Waals surface area contributed by atoms with E-state index in [0.29, 0.717) is 18.7 Å². The summed E-state index contributed by atoms with van der Waals surface area (Å²) in [6.45, 7) is 0.370. The van der Waals surface area contributed by atoms with Crippen molar-refractivity contribution in [2.24, 2.45) is 0 Å². The molecule has 2 aromatic rings. The van der Waals surface area contributed by atoms with Crippen LogP contribution in [0.4, 0.5) is 5.69 Å². The summed E-state index contributed by atoms with van der Waals surface area (Å²) in [6, 6.07) is 11.1. The average Bonchev–Trinajstić information content (AvgIpc) is 3.27. The first-order valence-corrected chi connectivity index (χ1v) is 10.6. The van der Waals surface area contributed by atoms with Crippen LogP contribution in [0.5, 0.6) is 0 Å². The van der Waals surface area contributed by atoms with Crippen LogP contribution in [0.2, 0.25) is 0 Å². The molecule has 1 fully saturated rings. The Morgan fingerprint density at radius 2 is 1.96 bits per heavy atom. The molecule has 0 saturated carbocycles. The zero-order valence-electron chi connectivity index (χ0n) is 15.5. The molecule has 3 rings (SSSR count). The molecule has 1 aliphatic rings. The summed E-state index contributed by atoms with van der Waals surface area (Å²) in [5, 5.41) is 0. The summed E-state index contributed by atoms with van der Waals surface area (Å²) in [4.78, 5) is 16.5. The van der Waals surface area contributed by atoms with Crippen LogP contribution >= 0.6 is 0 Å². The average molecular weight is 388 g/mol. The minimum absolute atomic E-state index is 0.0170. The second-order valence-electron chi connectivity index (χ2n) is 6.93. The van der Waals surface area contributed by atoms with Gasteiger partial charge < -0.3 is 14.2 Å². The fourth-order valence-electron chi connectivity index (χ4n) is 3.14. The van der Waals surface area contributed by atoms with Gasteiger partial charge in [-0.3, -0.25) is 4.79 Å². The number of benzene rings is 1. The molecule has 0 unspecified atom stereocenters. The summed E-state index contributed by atoms with van der Waals surface area (Å²) >= 11 is 0. The van der Waals surface area contributed by atoms with E-state index in [-0.39, 0.29) is 23.5 Å². The van der Waals surface area contributed by atoms with E-state index in [1.807, 2.05) is 43.3 Å². The van der Waals surface area contributed by atoms with Gasteiger partial charge in [-0.2, -0.15) is 0 Å². The maximum Gasteiger partial charge on any atom is 0.247 e. The van der Waals surface area contributed by atoms with Gasteiger partial charge >= 0.3 is 0 Å². The van der Waals surface area contributed by atoms with E-state index in [0.717, 1.165) is 11.3 Å². The summed E-state index contributed by atoms with van der Waals surface area (Å²) < 4.78 is 29.0. The van der Waals surface area contributed by atoms with Gasteiger partial charge in [-0.1, -0.05) is 12.1 Å². The highest BCUT2D eigenvalue weighted by molar-refractivity contribution is 7.91. The van der Waals surface area contributed by atoms with Crippen molar-refractivity contribution in [1.82, 2.24) is 4.90 Å². The first-order valence-electron chi connectivity index (χ1n) is 8.83. The highest BCUT2D eigenvalue weighted by atomic mass is 32.2. The molecule has 0 N–H and O–H groups in total. The number of furan rings is 1. The van der Waals surface area contributed by atoms with Gasteiger partial charge in [0.1, 0.15) is 5.76 Å². The van der Waals surface area contributed by atoms with Gasteiger partial charge in [0.2, 0.25) is 5.91 Å². The molecule has 7 heteroatoms. The number of carbonyl (C=O) groups is 1. The molecule has 6 nitrogen and oxygen atoms in total. The summed E-state index contributed by atoms with van der Waals surface area (Å²) in [5.41, 5.74) is 2.03. The molecule has 144 valence electrons. The van der Waals surface area contributed by atoms with Crippen LogP contribution in [0.3, 0.4) is 0 Å². The van der Waals surface area contributed by atoms with Gasteiger partial charge in [-0.25, -0.2) is 8.42 Å². The number of carbonyl (C=O) groups excluding carboxylic acids is 1. The zero-order valence-corrected chi connectivity index (χ0v) is 16.4. The Bertz CT molecular complexity index is 900. The van der Waals surface area contributed by atoms with Crippen molar-refractivity contribution in [3.8, 4) is 0 Å². The fourth-order valence-corrected chi connectivity index (χ4v) is 4.87. The van der Waals surface area contributed by atoms with Crippen molar-refractivity contribution in [3.05, 3.63) is 60.1 Å². The Morgan fingerprint density at radius 1 is 1.22 bits per heavy atom. The van der Waals surface area contributed by atoms with Crippen molar-refractivity contribution < 1.29 is 17.6 Å². The summed E-state index contributed by atoms with van der Waals surface area (Å²) in [7, 11) is 0.846. The summed E-state index contributed by atoms with van der Waals surface area (Å²) in [6.07, 6.45) is 5.06. The molecule has 1 atom stereocenters. The van der Waals surface area contributed by atoms with Crippen molar-refractivity contribution in [1.29, 1.82) is 0 Å². The van der Waals surface area contributed by atoms with Crippen molar-refractivity contribution in [3.63, 3.8) is 0 Å². The lowest BCUT2D eigenvalue weighted by atomic mass is 10.1. The number of amides is 1. The third-order valence-corrected chi connectivity index (χ3v) is 6.42. The van der Waals surface area contributed by atoms with E-state index < -0.39 is 9.84 Å². The Labute approximate surface area is 160 Å². The second-order valence-corrected chi connectivity index (χ2v) is 9.16. The molecule has 0 bridgehead atoms. The molecule has 1 aliphatic heterocycles. The predicted molar refractivity (Wildman–Crippen MR) is 106 cm³/mol. The van der Waals surface area contributed by atoms with Crippen molar-refractivity contribution >= 4 is 27.5 Å². The molecule has 1 saturated heterocycles. The first kappa shape index (κ1) is 19.2. The van der Waals surface area contributed by atoms with Gasteiger partial charge in [-0.05, 0) is 42.3 Å². The highest BCUT2D eigenvalue weighted by Gasteiger charge is 2.34. The number of hydrogen-bond acceptors (Lipinski definition) is 5. The number of rotatable bonds is 6. The minimum Gasteiger partial charge on any atom is -0.465 e. The van der Waals surface area contributed by atoms with Crippen molar-refractivity contribution in [2.75, 3.05) is 30.5 Å². The van der Waals surface area contributed by atoms with E-state index >= 15 is 0 Å². The minimum atomic E-state index is -3.09. The standard InChI is InChI=1S/C20H24N2O4S/c1-21(2)17-7-5-16(6-8-17)14-22(18-11-13-27(24,25)15-18)20(23)10-9-19-4-3-12-26-19/h3-10,12,18H,11,13-15H2,1-2H3/b10-9+/t18-/m0/s1. The van der Waals surface area contributed by atoms with Crippen LogP contribution in [0.15, 0.2) is 53.2 Å². The van der Waals surface area contributed by atoms with E-state index in [2.05, 4.69) is 0 Å². The second kappa shape index (κ2) is 8.00. The molecule has 0 spiro atoms. The number of nitrogens with zero attached hydrogens (tertiary/aromatic N) is 2. The third kappa shape index (κ3) is 5.01. The zero-order chi connectivity index (χ0) is 19.4. The fraction of sp³-hybridized carbons (Fsp3) is 0.350. The quantitative estimate of drug-likeness (QED) is 0.712. The molecule has 27 heavy (non-hydrogen) atoms. The molecular weight excluding hydrogens is 364 g/mol. The normalized spacial score (nSPS) is 18.7. The summed E-state index contributed by atoms with van der Waals surface area (Å²) in [5.74, 6) is 0.509. The Hall–Kier alpha value is -2.54. The maximum atomic E-state index is 12.8. The smallest absolute Gasteiger partial charge is 0.247 e. The van der Waals surface area contributed by atoms with Crippen LogP contribution in [0.1, 0.15) is 17.7 Å². The number of anilines is 1. The Kier molecular flexibility index (Phi) is 5.70. The molecular formula is C20H24N2O4S. The van der Waals surface area contributed by atoms with Gasteiger partial charge in [0.05, 0.1) is 17.8 Å². The largest absolute Gasteiger partial charge is 0.465 e. The molecule has 0 aliphatic carbocycles. The van der Waals surface area contributed by atoms with Crippen LogP contribution in [-0.4, -0.2) is 50.9 Å². The van der Waals surface area contributed by atoms with Crippen LogP contribution in [-0.2, 0) is 21.2 Å². The van der Waals surface area contributed by atoms with E-state index in [1.165, 1.54) is 12.3 Å². The van der Waals surface area contributed by atoms with Gasteiger partial charge in [0, 0.05) is 38.4 Å². The van der Waals surface area contributed by atoms with Crippen molar-refractivity contribution in [2.45, 2.75) is 19.0 Å².